The zero-order chi connectivity index (χ0) is 15.4. The van der Waals surface area contributed by atoms with Gasteiger partial charge >= 0.3 is 0 Å². The Morgan fingerprint density at radius 1 is 0.909 bits per heavy atom. The molecular weight excluding hydrogens is 270 g/mol. The monoisotopic (exact) mass is 295 g/mol. The highest BCUT2D eigenvalue weighted by Crippen LogP contribution is 2.28. The highest BCUT2D eigenvalue weighted by Gasteiger charge is 2.24. The van der Waals surface area contributed by atoms with E-state index in [0.29, 0.717) is 0 Å². The van der Waals surface area contributed by atoms with E-state index in [1.807, 2.05) is 13.0 Å². The number of hydrogen-bond acceptors (Lipinski definition) is 2. The van der Waals surface area contributed by atoms with Crippen LogP contribution in [0.1, 0.15) is 31.7 Å². The molecule has 1 aliphatic heterocycles. The molecule has 116 valence electrons. The summed E-state index contributed by atoms with van der Waals surface area (Å²) in [5, 5.41) is 10.8. The molecule has 1 N–H and O–H groups in total. The van der Waals surface area contributed by atoms with Crippen LogP contribution < -0.4 is 0 Å². The quantitative estimate of drug-likeness (QED) is 0.899. The van der Waals surface area contributed by atoms with Gasteiger partial charge < -0.3 is 10.0 Å². The number of likely N-dealkylation sites (tertiary alicyclic amines) is 1. The number of aliphatic hydroxyl groups is 1. The molecule has 1 heterocycles. The maximum absolute atomic E-state index is 10.8. The Morgan fingerprint density at radius 3 is 2.14 bits per heavy atom. The second-order valence-corrected chi connectivity index (χ2v) is 6.52. The molecule has 1 atom stereocenters. The lowest BCUT2D eigenvalue weighted by molar-refractivity contribution is 0.0383. The molecule has 1 aliphatic rings. The summed E-state index contributed by atoms with van der Waals surface area (Å²) in [6.07, 6.45) is 3.39. The topological polar surface area (TPSA) is 23.5 Å². The first-order valence-corrected chi connectivity index (χ1v) is 8.26. The summed E-state index contributed by atoms with van der Waals surface area (Å²) < 4.78 is 0. The molecule has 2 aromatic rings. The van der Waals surface area contributed by atoms with Crippen molar-refractivity contribution in [1.29, 1.82) is 0 Å². The van der Waals surface area contributed by atoms with Crippen LogP contribution in [0.4, 0.5) is 0 Å². The molecule has 1 saturated heterocycles. The molecule has 0 spiro atoms. The van der Waals surface area contributed by atoms with Gasteiger partial charge in [-0.3, -0.25) is 0 Å². The van der Waals surface area contributed by atoms with Crippen molar-refractivity contribution in [2.24, 2.45) is 0 Å². The van der Waals surface area contributed by atoms with Crippen LogP contribution in [-0.2, 0) is 5.60 Å². The Kier molecular flexibility index (Phi) is 4.60. The van der Waals surface area contributed by atoms with E-state index in [2.05, 4.69) is 53.4 Å². The molecule has 0 aromatic heterocycles. The molecule has 0 saturated carbocycles. The molecule has 0 amide bonds. The Labute approximate surface area is 133 Å². The molecule has 0 aliphatic carbocycles. The first-order valence-electron chi connectivity index (χ1n) is 8.26. The number of nitrogens with zero attached hydrogens (tertiary/aromatic N) is 1. The standard InChI is InChI=1S/C20H25NO/c1-20(22,13-16-21-14-5-6-15-21)19-11-9-18(10-12-19)17-7-3-2-4-8-17/h2-4,7-12,22H,5-6,13-16H2,1H3. The average Bonchev–Trinajstić information content (AvgIpc) is 3.08. The molecule has 1 unspecified atom stereocenters. The van der Waals surface area contributed by atoms with Crippen molar-refractivity contribution in [2.45, 2.75) is 31.8 Å². The van der Waals surface area contributed by atoms with Crippen molar-refractivity contribution in [3.05, 3.63) is 60.2 Å². The van der Waals surface area contributed by atoms with Crippen molar-refractivity contribution in [1.82, 2.24) is 4.90 Å². The smallest absolute Gasteiger partial charge is 0.0880 e. The van der Waals surface area contributed by atoms with E-state index in [9.17, 15) is 5.11 Å². The van der Waals surface area contributed by atoms with Gasteiger partial charge in [0.2, 0.25) is 0 Å². The number of benzene rings is 2. The lowest BCUT2D eigenvalue weighted by Gasteiger charge is -2.27. The van der Waals surface area contributed by atoms with Crippen LogP contribution in [0.5, 0.6) is 0 Å². The van der Waals surface area contributed by atoms with Crippen LogP contribution in [-0.4, -0.2) is 29.6 Å². The fourth-order valence-electron chi connectivity index (χ4n) is 3.18. The summed E-state index contributed by atoms with van der Waals surface area (Å²) in [6, 6.07) is 18.7. The van der Waals surface area contributed by atoms with Crippen LogP contribution in [0.15, 0.2) is 54.6 Å². The molecule has 2 nitrogen and oxygen atoms in total. The second-order valence-electron chi connectivity index (χ2n) is 6.52. The Hall–Kier alpha value is -1.64. The minimum Gasteiger partial charge on any atom is -0.385 e. The van der Waals surface area contributed by atoms with Gasteiger partial charge in [-0.05, 0) is 56.0 Å². The molecule has 3 rings (SSSR count). The van der Waals surface area contributed by atoms with E-state index < -0.39 is 5.60 Å². The summed E-state index contributed by atoms with van der Waals surface area (Å²) in [5.74, 6) is 0. The Balaban J connectivity index is 1.68. The van der Waals surface area contributed by atoms with E-state index >= 15 is 0 Å². The molecule has 1 fully saturated rings. The molecule has 0 radical (unpaired) electrons. The van der Waals surface area contributed by atoms with Crippen LogP contribution in [0.25, 0.3) is 11.1 Å². The molecule has 2 aromatic carbocycles. The maximum atomic E-state index is 10.8. The fourth-order valence-corrected chi connectivity index (χ4v) is 3.18. The third kappa shape index (κ3) is 3.57. The Morgan fingerprint density at radius 2 is 1.50 bits per heavy atom. The predicted octanol–water partition coefficient (Wildman–Crippen LogP) is 4.05. The van der Waals surface area contributed by atoms with Gasteiger partial charge in [-0.2, -0.15) is 0 Å². The summed E-state index contributed by atoms with van der Waals surface area (Å²) in [7, 11) is 0. The minimum atomic E-state index is -0.752. The normalized spacial score (nSPS) is 18.3. The summed E-state index contributed by atoms with van der Waals surface area (Å²) in [5.41, 5.74) is 2.66. The van der Waals surface area contributed by atoms with Gasteiger partial charge in [0, 0.05) is 6.54 Å². The largest absolute Gasteiger partial charge is 0.385 e. The third-order valence-corrected chi connectivity index (χ3v) is 4.73. The van der Waals surface area contributed by atoms with Gasteiger partial charge in [0.25, 0.3) is 0 Å². The molecular formula is C20H25NO. The average molecular weight is 295 g/mol. The highest BCUT2D eigenvalue weighted by molar-refractivity contribution is 5.63. The first-order chi connectivity index (χ1) is 10.6. The van der Waals surface area contributed by atoms with Gasteiger partial charge in [-0.1, -0.05) is 54.6 Å². The second kappa shape index (κ2) is 6.64. The van der Waals surface area contributed by atoms with E-state index in [0.717, 1.165) is 18.5 Å². The zero-order valence-corrected chi connectivity index (χ0v) is 13.3. The molecule has 2 heteroatoms. The van der Waals surface area contributed by atoms with Crippen LogP contribution in [0.3, 0.4) is 0 Å². The minimum absolute atomic E-state index is 0.752. The Bertz CT molecular complexity index is 583. The van der Waals surface area contributed by atoms with Crippen LogP contribution in [0.2, 0.25) is 0 Å². The molecule has 22 heavy (non-hydrogen) atoms. The van der Waals surface area contributed by atoms with Crippen molar-refractivity contribution < 1.29 is 5.11 Å². The van der Waals surface area contributed by atoms with E-state index in [-0.39, 0.29) is 0 Å². The SMILES string of the molecule is CC(O)(CCN1CCCC1)c1ccc(-c2ccccc2)cc1. The summed E-state index contributed by atoms with van der Waals surface area (Å²) >= 11 is 0. The first kappa shape index (κ1) is 15.3. The van der Waals surface area contributed by atoms with E-state index in [1.54, 1.807) is 0 Å². The van der Waals surface area contributed by atoms with Crippen molar-refractivity contribution >= 4 is 0 Å². The molecule has 0 bridgehead atoms. The van der Waals surface area contributed by atoms with Crippen molar-refractivity contribution in [3.8, 4) is 11.1 Å². The summed E-state index contributed by atoms with van der Waals surface area (Å²) in [4.78, 5) is 2.45. The summed E-state index contributed by atoms with van der Waals surface area (Å²) in [6.45, 7) is 5.28. The maximum Gasteiger partial charge on any atom is 0.0880 e. The zero-order valence-electron chi connectivity index (χ0n) is 13.3. The van der Waals surface area contributed by atoms with Crippen molar-refractivity contribution in [2.75, 3.05) is 19.6 Å². The predicted molar refractivity (Wildman–Crippen MR) is 91.7 cm³/mol. The lowest BCUT2D eigenvalue weighted by atomic mass is 9.91. The third-order valence-electron chi connectivity index (χ3n) is 4.73. The fraction of sp³-hybridized carbons (Fsp3) is 0.400. The van der Waals surface area contributed by atoms with Gasteiger partial charge in [-0.25, -0.2) is 0 Å². The number of hydrogen-bond donors (Lipinski definition) is 1. The lowest BCUT2D eigenvalue weighted by Crippen LogP contribution is -2.29. The van der Waals surface area contributed by atoms with Gasteiger partial charge in [-0.15, -0.1) is 0 Å². The van der Waals surface area contributed by atoms with Gasteiger partial charge in [0.15, 0.2) is 0 Å². The van der Waals surface area contributed by atoms with Gasteiger partial charge in [0.05, 0.1) is 5.60 Å². The van der Waals surface area contributed by atoms with Crippen molar-refractivity contribution in [3.63, 3.8) is 0 Å². The van der Waals surface area contributed by atoms with Gasteiger partial charge in [0.1, 0.15) is 0 Å². The van der Waals surface area contributed by atoms with E-state index in [4.69, 9.17) is 0 Å². The van der Waals surface area contributed by atoms with E-state index in [1.165, 1.54) is 37.1 Å². The van der Waals surface area contributed by atoms with Crippen LogP contribution in [0, 0.1) is 0 Å². The highest BCUT2D eigenvalue weighted by atomic mass is 16.3. The number of rotatable bonds is 5. The van der Waals surface area contributed by atoms with Crippen LogP contribution >= 0.6 is 0 Å².